The summed E-state index contributed by atoms with van der Waals surface area (Å²) in [4.78, 5) is 21.5. The third-order valence-corrected chi connectivity index (χ3v) is 3.80. The Balaban J connectivity index is 1.78. The second kappa shape index (κ2) is 8.55. The van der Waals surface area contributed by atoms with E-state index in [1.165, 1.54) is 24.3 Å². The van der Waals surface area contributed by atoms with Crippen LogP contribution in [0.1, 0.15) is 21.5 Å². The van der Waals surface area contributed by atoms with Crippen molar-refractivity contribution in [1.82, 2.24) is 5.48 Å². The van der Waals surface area contributed by atoms with E-state index in [0.717, 1.165) is 24.3 Å². The number of nitrogens with one attached hydrogen (secondary N) is 1. The Bertz CT molecular complexity index is 1000. The lowest BCUT2D eigenvalue weighted by atomic mass is 10.1. The number of hydroxylamine groups is 1. The van der Waals surface area contributed by atoms with Crippen molar-refractivity contribution in [2.24, 2.45) is 4.99 Å². The van der Waals surface area contributed by atoms with E-state index in [1.807, 2.05) is 0 Å². The monoisotopic (exact) mass is 402 g/mol. The largest absolute Gasteiger partial charge is 0.416 e. The van der Waals surface area contributed by atoms with Crippen LogP contribution in [-0.4, -0.2) is 11.8 Å². The van der Waals surface area contributed by atoms with Crippen molar-refractivity contribution < 1.29 is 27.2 Å². The van der Waals surface area contributed by atoms with Crippen LogP contribution in [0.15, 0.2) is 83.9 Å². The van der Waals surface area contributed by atoms with Crippen LogP contribution in [0.3, 0.4) is 0 Å². The number of amidine groups is 1. The van der Waals surface area contributed by atoms with Crippen LogP contribution >= 0.6 is 0 Å². The molecule has 4 nitrogen and oxygen atoms in total. The minimum atomic E-state index is -4.50. The summed E-state index contributed by atoms with van der Waals surface area (Å²) in [5, 5.41) is 0. The van der Waals surface area contributed by atoms with E-state index in [1.54, 1.807) is 30.3 Å². The van der Waals surface area contributed by atoms with Gasteiger partial charge >= 0.3 is 12.1 Å². The first kappa shape index (κ1) is 20.1. The van der Waals surface area contributed by atoms with E-state index in [2.05, 4.69) is 10.5 Å². The lowest BCUT2D eigenvalue weighted by molar-refractivity contribution is -0.137. The van der Waals surface area contributed by atoms with Crippen molar-refractivity contribution in [3.8, 4) is 0 Å². The van der Waals surface area contributed by atoms with Gasteiger partial charge in [0.05, 0.1) is 16.8 Å². The molecule has 0 heterocycles. The number of alkyl halides is 3. The van der Waals surface area contributed by atoms with Gasteiger partial charge in [-0.3, -0.25) is 0 Å². The fourth-order valence-electron chi connectivity index (χ4n) is 2.34. The smallest absolute Gasteiger partial charge is 0.336 e. The van der Waals surface area contributed by atoms with E-state index in [9.17, 15) is 22.4 Å². The maximum atomic E-state index is 13.1. The topological polar surface area (TPSA) is 50.7 Å². The summed E-state index contributed by atoms with van der Waals surface area (Å²) >= 11 is 0. The Morgan fingerprint density at radius 2 is 1.45 bits per heavy atom. The second-order valence-corrected chi connectivity index (χ2v) is 5.87. The third-order valence-electron chi connectivity index (χ3n) is 3.80. The van der Waals surface area contributed by atoms with E-state index < -0.39 is 23.5 Å². The first-order valence-electron chi connectivity index (χ1n) is 8.37. The number of nitrogens with zero attached hydrogens (tertiary/aromatic N) is 1. The van der Waals surface area contributed by atoms with Crippen LogP contribution in [0.5, 0.6) is 0 Å². The SMILES string of the molecule is O=C(ONC(=Nc1ccc(F)cc1)c1ccccc1)c1ccc(C(F)(F)F)cc1. The molecule has 3 aromatic rings. The van der Waals surface area contributed by atoms with Crippen molar-refractivity contribution in [2.45, 2.75) is 6.18 Å². The maximum Gasteiger partial charge on any atom is 0.416 e. The Hall–Kier alpha value is -3.68. The van der Waals surface area contributed by atoms with E-state index in [0.29, 0.717) is 11.3 Å². The number of hydrogen-bond donors (Lipinski definition) is 1. The number of aliphatic imine (C=N–C) groups is 1. The molecule has 0 amide bonds. The van der Waals surface area contributed by atoms with Gasteiger partial charge in [0, 0.05) is 5.56 Å². The predicted molar refractivity (Wildman–Crippen MR) is 99.0 cm³/mol. The minimum absolute atomic E-state index is 0.0697. The van der Waals surface area contributed by atoms with Crippen molar-refractivity contribution >= 4 is 17.5 Å². The molecule has 0 aliphatic rings. The van der Waals surface area contributed by atoms with Crippen molar-refractivity contribution in [3.05, 3.63) is 101 Å². The summed E-state index contributed by atoms with van der Waals surface area (Å²) in [5.74, 6) is -1.15. The predicted octanol–water partition coefficient (Wildman–Crippen LogP) is 5.28. The molecule has 148 valence electrons. The normalized spacial score (nSPS) is 11.8. The Kier molecular flexibility index (Phi) is 5.92. The highest BCUT2D eigenvalue weighted by atomic mass is 19.4. The number of carbonyl (C=O) groups excluding carboxylic acids is 1. The summed E-state index contributed by atoms with van der Waals surface area (Å²) in [6.45, 7) is 0. The molecule has 8 heteroatoms. The molecule has 0 atom stereocenters. The molecule has 0 saturated heterocycles. The summed E-state index contributed by atoms with van der Waals surface area (Å²) in [5.41, 5.74) is 2.47. The summed E-state index contributed by atoms with van der Waals surface area (Å²) in [6.07, 6.45) is -4.50. The molecule has 0 spiro atoms. The first-order chi connectivity index (χ1) is 13.8. The average molecular weight is 402 g/mol. The molecule has 0 bridgehead atoms. The maximum absolute atomic E-state index is 13.1. The van der Waals surface area contributed by atoms with Gasteiger partial charge in [-0.05, 0) is 48.5 Å². The zero-order valence-corrected chi connectivity index (χ0v) is 14.8. The lowest BCUT2D eigenvalue weighted by Gasteiger charge is -2.11. The fraction of sp³-hybridized carbons (Fsp3) is 0.0476. The molecular formula is C21H14F4N2O2. The van der Waals surface area contributed by atoms with Crippen LogP contribution in [0, 0.1) is 5.82 Å². The van der Waals surface area contributed by atoms with E-state index >= 15 is 0 Å². The van der Waals surface area contributed by atoms with Gasteiger partial charge in [-0.15, -0.1) is 0 Å². The molecule has 0 saturated carbocycles. The molecule has 0 radical (unpaired) electrons. The zero-order valence-electron chi connectivity index (χ0n) is 14.8. The Morgan fingerprint density at radius 3 is 2.03 bits per heavy atom. The minimum Gasteiger partial charge on any atom is -0.336 e. The molecule has 3 aromatic carbocycles. The van der Waals surface area contributed by atoms with Crippen LogP contribution < -0.4 is 5.48 Å². The molecule has 3 rings (SSSR count). The number of hydrogen-bond acceptors (Lipinski definition) is 3. The molecule has 29 heavy (non-hydrogen) atoms. The summed E-state index contributed by atoms with van der Waals surface area (Å²) in [6, 6.07) is 17.7. The Labute approximate surface area is 163 Å². The van der Waals surface area contributed by atoms with Gasteiger partial charge in [0.25, 0.3) is 0 Å². The van der Waals surface area contributed by atoms with Gasteiger partial charge in [-0.1, -0.05) is 30.3 Å². The third kappa shape index (κ3) is 5.41. The van der Waals surface area contributed by atoms with Gasteiger partial charge in [-0.25, -0.2) is 14.2 Å². The second-order valence-electron chi connectivity index (χ2n) is 5.87. The van der Waals surface area contributed by atoms with Crippen molar-refractivity contribution in [3.63, 3.8) is 0 Å². The van der Waals surface area contributed by atoms with Gasteiger partial charge in [0.15, 0.2) is 5.84 Å². The average Bonchev–Trinajstić information content (AvgIpc) is 2.72. The van der Waals surface area contributed by atoms with Crippen molar-refractivity contribution in [2.75, 3.05) is 0 Å². The van der Waals surface area contributed by atoms with Gasteiger partial charge < -0.3 is 4.84 Å². The molecular weight excluding hydrogens is 388 g/mol. The van der Waals surface area contributed by atoms with Crippen LogP contribution in [0.4, 0.5) is 23.2 Å². The quantitative estimate of drug-likeness (QED) is 0.281. The first-order valence-corrected chi connectivity index (χ1v) is 8.37. The summed E-state index contributed by atoms with van der Waals surface area (Å²) in [7, 11) is 0. The molecule has 0 fully saturated rings. The number of halogens is 4. The summed E-state index contributed by atoms with van der Waals surface area (Å²) < 4.78 is 51.0. The lowest BCUT2D eigenvalue weighted by Crippen LogP contribution is -2.28. The Morgan fingerprint density at radius 1 is 0.828 bits per heavy atom. The number of rotatable bonds is 3. The van der Waals surface area contributed by atoms with Crippen LogP contribution in [0.25, 0.3) is 0 Å². The highest BCUT2D eigenvalue weighted by molar-refractivity contribution is 6.01. The molecule has 0 aliphatic carbocycles. The standard InChI is InChI=1S/C21H14F4N2O2/c22-17-10-12-18(13-11-17)26-19(14-4-2-1-3-5-14)27-29-20(28)15-6-8-16(9-7-15)21(23,24)25/h1-13H,(H,26,27). The van der Waals surface area contributed by atoms with E-state index in [4.69, 9.17) is 4.84 Å². The van der Waals surface area contributed by atoms with Gasteiger partial charge in [-0.2, -0.15) is 18.7 Å². The number of carbonyl (C=O) groups is 1. The molecule has 0 unspecified atom stereocenters. The number of benzene rings is 3. The fourth-order valence-corrected chi connectivity index (χ4v) is 2.34. The van der Waals surface area contributed by atoms with Gasteiger partial charge in [0.2, 0.25) is 0 Å². The molecule has 0 aromatic heterocycles. The molecule has 0 aliphatic heterocycles. The van der Waals surface area contributed by atoms with E-state index in [-0.39, 0.29) is 11.4 Å². The zero-order chi connectivity index (χ0) is 20.9. The van der Waals surface area contributed by atoms with Crippen LogP contribution in [0.2, 0.25) is 0 Å². The van der Waals surface area contributed by atoms with Crippen molar-refractivity contribution in [1.29, 1.82) is 0 Å². The highest BCUT2D eigenvalue weighted by Gasteiger charge is 2.30. The van der Waals surface area contributed by atoms with Crippen LogP contribution in [-0.2, 0) is 11.0 Å². The highest BCUT2D eigenvalue weighted by Crippen LogP contribution is 2.29. The van der Waals surface area contributed by atoms with Gasteiger partial charge in [0.1, 0.15) is 5.82 Å². The molecule has 1 N–H and O–H groups in total.